The van der Waals surface area contributed by atoms with Gasteiger partial charge in [-0.25, -0.2) is 13.4 Å². The minimum absolute atomic E-state index is 0.200. The number of aromatic nitrogens is 1. The third-order valence-corrected chi connectivity index (χ3v) is 9.73. The Balaban J connectivity index is 1.58. The van der Waals surface area contributed by atoms with E-state index in [1.807, 2.05) is 39.0 Å². The third kappa shape index (κ3) is 7.38. The van der Waals surface area contributed by atoms with E-state index in [0.717, 1.165) is 68.1 Å². The molecule has 4 rings (SSSR count). The molecule has 0 atom stereocenters. The first-order chi connectivity index (χ1) is 19.4. The van der Waals surface area contributed by atoms with Crippen LogP contribution in [0.15, 0.2) is 47.4 Å². The highest BCUT2D eigenvalue weighted by molar-refractivity contribution is 7.89. The van der Waals surface area contributed by atoms with Crippen molar-refractivity contribution >= 4 is 42.6 Å². The number of fused-ring (bicyclic) bond motifs is 1. The minimum Gasteiger partial charge on any atom is -0.494 e. The Kier molecular flexibility index (Phi) is 10.9. The predicted molar refractivity (Wildman–Crippen MR) is 160 cm³/mol. The van der Waals surface area contributed by atoms with Gasteiger partial charge in [0, 0.05) is 44.8 Å². The number of carbonyl (C=O) groups is 1. The molecule has 1 fully saturated rings. The molecule has 0 aliphatic carbocycles. The van der Waals surface area contributed by atoms with E-state index in [0.29, 0.717) is 36.9 Å². The van der Waals surface area contributed by atoms with Crippen LogP contribution in [-0.2, 0) is 14.8 Å². The quantitative estimate of drug-likeness (QED) is 0.265. The van der Waals surface area contributed by atoms with Crippen molar-refractivity contribution in [2.24, 2.45) is 0 Å². The molecule has 1 aliphatic heterocycles. The first kappa shape index (κ1) is 30.4. The number of anilines is 1. The van der Waals surface area contributed by atoms with Crippen LogP contribution in [0.25, 0.3) is 10.2 Å². The highest BCUT2D eigenvalue weighted by atomic mass is 32.2. The molecule has 9 nitrogen and oxygen atoms in total. The molecule has 3 aromatic rings. The van der Waals surface area contributed by atoms with E-state index in [-0.39, 0.29) is 10.8 Å². The Morgan fingerprint density at radius 1 is 1.02 bits per heavy atom. The van der Waals surface area contributed by atoms with E-state index in [1.54, 1.807) is 29.2 Å². The van der Waals surface area contributed by atoms with E-state index < -0.39 is 10.0 Å². The molecule has 0 bridgehead atoms. The van der Waals surface area contributed by atoms with Gasteiger partial charge in [-0.2, -0.15) is 4.31 Å². The Morgan fingerprint density at radius 2 is 1.73 bits per heavy atom. The summed E-state index contributed by atoms with van der Waals surface area (Å²) in [6.45, 7) is 12.0. The highest BCUT2D eigenvalue weighted by Gasteiger charge is 2.25. The van der Waals surface area contributed by atoms with E-state index in [2.05, 4.69) is 4.90 Å². The van der Waals surface area contributed by atoms with E-state index in [9.17, 15) is 13.2 Å². The zero-order valence-electron chi connectivity index (χ0n) is 23.7. The number of carbonyl (C=O) groups excluding carboxylic acids is 1. The molecule has 2 aromatic carbocycles. The van der Waals surface area contributed by atoms with Crippen LogP contribution in [0.3, 0.4) is 0 Å². The zero-order valence-corrected chi connectivity index (χ0v) is 25.3. The van der Waals surface area contributed by atoms with E-state index >= 15 is 0 Å². The molecule has 218 valence electrons. The van der Waals surface area contributed by atoms with Crippen LogP contribution in [0.5, 0.6) is 5.75 Å². The number of benzene rings is 2. The molecule has 1 saturated heterocycles. The second-order valence-corrected chi connectivity index (χ2v) is 12.7. The van der Waals surface area contributed by atoms with Crippen LogP contribution in [0, 0.1) is 0 Å². The maximum absolute atomic E-state index is 13.8. The molecule has 2 heterocycles. The number of amides is 1. The maximum Gasteiger partial charge on any atom is 0.260 e. The summed E-state index contributed by atoms with van der Waals surface area (Å²) >= 11 is 1.45. The molecule has 0 radical (unpaired) electrons. The van der Waals surface area contributed by atoms with Crippen molar-refractivity contribution in [3.63, 3.8) is 0 Å². The van der Waals surface area contributed by atoms with Crippen LogP contribution >= 0.6 is 11.3 Å². The summed E-state index contributed by atoms with van der Waals surface area (Å²) in [5.41, 5.74) is 1.24. The average Bonchev–Trinajstić information content (AvgIpc) is 3.39. The number of thiazole rings is 1. The van der Waals surface area contributed by atoms with Gasteiger partial charge in [-0.3, -0.25) is 14.6 Å². The number of sulfonamides is 1. The number of hydrogen-bond donors (Lipinski definition) is 0. The van der Waals surface area contributed by atoms with Crippen molar-refractivity contribution in [2.45, 2.75) is 44.9 Å². The Morgan fingerprint density at radius 3 is 2.38 bits per heavy atom. The van der Waals surface area contributed by atoms with Crippen LogP contribution < -0.4 is 9.64 Å². The summed E-state index contributed by atoms with van der Waals surface area (Å²) < 4.78 is 40.0. The smallest absolute Gasteiger partial charge is 0.260 e. The van der Waals surface area contributed by atoms with Crippen molar-refractivity contribution in [3.8, 4) is 5.75 Å². The first-order valence-electron chi connectivity index (χ1n) is 14.1. The standard InChI is InChI=1S/C29H40N4O5S2/c1-4-14-32(15-5-2)40(35,36)25-11-8-23(9-12-25)28(34)33(17-7-16-31-18-20-37-21-19-31)29-30-26-13-10-24(38-6-3)22-27(26)39-29/h8-13,22H,4-7,14-21H2,1-3H3. The fraction of sp³-hybridized carbons (Fsp3) is 0.517. The van der Waals surface area contributed by atoms with Crippen LogP contribution in [-0.4, -0.2) is 87.6 Å². The van der Waals surface area contributed by atoms with Gasteiger partial charge in [0.2, 0.25) is 10.0 Å². The maximum atomic E-state index is 13.8. The van der Waals surface area contributed by atoms with Crippen LogP contribution in [0.2, 0.25) is 0 Å². The zero-order chi connectivity index (χ0) is 28.5. The summed E-state index contributed by atoms with van der Waals surface area (Å²) in [7, 11) is -3.62. The van der Waals surface area contributed by atoms with Gasteiger partial charge in [0.25, 0.3) is 5.91 Å². The predicted octanol–water partition coefficient (Wildman–Crippen LogP) is 4.87. The number of ether oxygens (including phenoxy) is 2. The first-order valence-corrected chi connectivity index (χ1v) is 16.4. The topological polar surface area (TPSA) is 92.3 Å². The van der Waals surface area contributed by atoms with Gasteiger partial charge >= 0.3 is 0 Å². The van der Waals surface area contributed by atoms with Gasteiger partial charge in [-0.1, -0.05) is 25.2 Å². The van der Waals surface area contributed by atoms with Crippen molar-refractivity contribution in [1.82, 2.24) is 14.2 Å². The number of rotatable bonds is 14. The highest BCUT2D eigenvalue weighted by Crippen LogP contribution is 2.32. The van der Waals surface area contributed by atoms with Crippen molar-refractivity contribution in [1.29, 1.82) is 0 Å². The summed E-state index contributed by atoms with van der Waals surface area (Å²) in [4.78, 5) is 22.9. The molecular formula is C29H40N4O5S2. The summed E-state index contributed by atoms with van der Waals surface area (Å²) in [5, 5.41) is 0.615. The van der Waals surface area contributed by atoms with Gasteiger partial charge < -0.3 is 9.47 Å². The lowest BCUT2D eigenvalue weighted by Crippen LogP contribution is -2.39. The molecule has 11 heteroatoms. The molecule has 1 aromatic heterocycles. The fourth-order valence-corrected chi connectivity index (χ4v) is 7.39. The lowest BCUT2D eigenvalue weighted by atomic mass is 10.2. The van der Waals surface area contributed by atoms with Gasteiger partial charge in [0.15, 0.2) is 5.13 Å². The average molecular weight is 589 g/mol. The number of hydrogen-bond acceptors (Lipinski definition) is 8. The Labute approximate surface area is 241 Å². The lowest BCUT2D eigenvalue weighted by Gasteiger charge is -2.27. The second-order valence-electron chi connectivity index (χ2n) is 9.75. The summed E-state index contributed by atoms with van der Waals surface area (Å²) in [5.74, 6) is 0.571. The number of morpholine rings is 1. The van der Waals surface area contributed by atoms with Gasteiger partial charge in [-0.15, -0.1) is 0 Å². The molecule has 0 spiro atoms. The molecule has 40 heavy (non-hydrogen) atoms. The Bertz CT molecular complexity index is 1350. The largest absolute Gasteiger partial charge is 0.494 e. The Hall–Kier alpha value is -2.57. The van der Waals surface area contributed by atoms with Gasteiger partial charge in [-0.05, 0) is 68.7 Å². The minimum atomic E-state index is -3.62. The lowest BCUT2D eigenvalue weighted by molar-refractivity contribution is 0.0376. The van der Waals surface area contributed by atoms with Crippen LogP contribution in [0.1, 0.15) is 50.4 Å². The van der Waals surface area contributed by atoms with Crippen LogP contribution in [0.4, 0.5) is 5.13 Å². The van der Waals surface area contributed by atoms with Gasteiger partial charge in [0.05, 0.1) is 34.9 Å². The van der Waals surface area contributed by atoms with E-state index in [4.69, 9.17) is 14.5 Å². The summed E-state index contributed by atoms with van der Waals surface area (Å²) in [6.07, 6.45) is 2.26. The SMILES string of the molecule is CCCN(CCC)S(=O)(=O)c1ccc(C(=O)N(CCCN2CCOCC2)c2nc3ccc(OCC)cc3s2)cc1. The molecule has 0 saturated carbocycles. The third-order valence-electron chi connectivity index (χ3n) is 6.78. The van der Waals surface area contributed by atoms with Crippen molar-refractivity contribution in [3.05, 3.63) is 48.0 Å². The number of nitrogens with zero attached hydrogens (tertiary/aromatic N) is 4. The second kappa shape index (κ2) is 14.4. The summed E-state index contributed by atoms with van der Waals surface area (Å²) in [6, 6.07) is 12.1. The molecule has 0 unspecified atom stereocenters. The fourth-order valence-electron chi connectivity index (χ4n) is 4.75. The molecule has 0 N–H and O–H groups in total. The van der Waals surface area contributed by atoms with E-state index in [1.165, 1.54) is 15.6 Å². The van der Waals surface area contributed by atoms with Crippen molar-refractivity contribution in [2.75, 3.05) is 64.0 Å². The van der Waals surface area contributed by atoms with Crippen molar-refractivity contribution < 1.29 is 22.7 Å². The molecule has 1 aliphatic rings. The van der Waals surface area contributed by atoms with Gasteiger partial charge in [0.1, 0.15) is 5.75 Å². The normalized spacial score (nSPS) is 14.6. The molecular weight excluding hydrogens is 548 g/mol. The monoisotopic (exact) mass is 588 g/mol. The molecule has 1 amide bonds.